The number of H-pyrrole nitrogens is 1. The number of aromatic nitrogens is 5. The fraction of sp³-hybridized carbons (Fsp3) is 0.125. The molecule has 2 rings (SSSR count). The lowest BCUT2D eigenvalue weighted by Gasteiger charge is -1.96. The summed E-state index contributed by atoms with van der Waals surface area (Å²) in [5, 5.41) is 22.9. The molecule has 2 aromatic heterocycles. The smallest absolute Gasteiger partial charge is 0.184 e. The number of nitriles is 1. The number of tetrazole rings is 1. The summed E-state index contributed by atoms with van der Waals surface area (Å²) in [4.78, 5) is 4.11. The van der Waals surface area contributed by atoms with Crippen molar-refractivity contribution in [2.24, 2.45) is 0 Å². The van der Waals surface area contributed by atoms with E-state index in [4.69, 9.17) is 5.26 Å². The average molecular weight is 218 g/mol. The van der Waals surface area contributed by atoms with Crippen LogP contribution in [0.3, 0.4) is 0 Å². The van der Waals surface area contributed by atoms with Crippen molar-refractivity contribution in [3.8, 4) is 6.07 Å². The molecule has 0 atom stereocenters. The van der Waals surface area contributed by atoms with Crippen molar-refractivity contribution in [2.75, 3.05) is 0 Å². The number of pyridine rings is 1. The number of thioether (sulfide) groups is 1. The molecule has 2 heterocycles. The second-order valence-corrected chi connectivity index (χ2v) is 3.61. The Morgan fingerprint density at radius 2 is 2.47 bits per heavy atom. The number of hydrogen-bond acceptors (Lipinski definition) is 6. The molecule has 0 aromatic carbocycles. The summed E-state index contributed by atoms with van der Waals surface area (Å²) in [6.45, 7) is 0. The summed E-state index contributed by atoms with van der Waals surface area (Å²) in [5.74, 6) is 1.20. The topological polar surface area (TPSA) is 91.1 Å². The maximum absolute atomic E-state index is 8.69. The minimum Gasteiger partial charge on any atom is -0.250 e. The molecule has 0 unspecified atom stereocenters. The minimum atomic E-state index is 0.582. The van der Waals surface area contributed by atoms with Crippen molar-refractivity contribution in [3.05, 3.63) is 29.7 Å². The Kier molecular flexibility index (Phi) is 2.90. The van der Waals surface area contributed by atoms with E-state index in [9.17, 15) is 0 Å². The molecule has 2 aromatic rings. The third-order valence-corrected chi connectivity index (χ3v) is 2.52. The highest BCUT2D eigenvalue weighted by Crippen LogP contribution is 2.18. The monoisotopic (exact) mass is 218 g/mol. The molecule has 0 spiro atoms. The van der Waals surface area contributed by atoms with Crippen LogP contribution in [-0.4, -0.2) is 25.6 Å². The summed E-state index contributed by atoms with van der Waals surface area (Å²) in [6, 6.07) is 5.45. The zero-order valence-corrected chi connectivity index (χ0v) is 8.40. The zero-order chi connectivity index (χ0) is 10.5. The molecule has 0 aliphatic carbocycles. The highest BCUT2D eigenvalue weighted by atomic mass is 32.2. The third kappa shape index (κ3) is 2.51. The van der Waals surface area contributed by atoms with E-state index in [0.717, 1.165) is 5.03 Å². The quantitative estimate of drug-likeness (QED) is 0.765. The van der Waals surface area contributed by atoms with Crippen LogP contribution in [0.5, 0.6) is 0 Å². The maximum Gasteiger partial charge on any atom is 0.184 e. The molecule has 0 bridgehead atoms. The molecule has 0 saturated carbocycles. The van der Waals surface area contributed by atoms with Gasteiger partial charge in [-0.15, -0.1) is 10.2 Å². The van der Waals surface area contributed by atoms with E-state index in [-0.39, 0.29) is 0 Å². The number of aromatic amines is 1. The lowest BCUT2D eigenvalue weighted by Crippen LogP contribution is -1.86. The number of hydrogen-bond donors (Lipinski definition) is 1. The third-order valence-electron chi connectivity index (χ3n) is 1.60. The van der Waals surface area contributed by atoms with Gasteiger partial charge in [0.1, 0.15) is 0 Å². The van der Waals surface area contributed by atoms with Crippen LogP contribution in [0, 0.1) is 11.3 Å². The van der Waals surface area contributed by atoms with Crippen LogP contribution in [0.4, 0.5) is 0 Å². The SMILES string of the molecule is N#Cc1ccnc(SCc2nn[nH]n2)c1. The van der Waals surface area contributed by atoms with Crippen LogP contribution in [0.1, 0.15) is 11.4 Å². The normalized spacial score (nSPS) is 9.80. The van der Waals surface area contributed by atoms with Gasteiger partial charge in [0.15, 0.2) is 5.82 Å². The highest BCUT2D eigenvalue weighted by Gasteiger charge is 2.01. The Morgan fingerprint density at radius 1 is 1.53 bits per heavy atom. The van der Waals surface area contributed by atoms with E-state index in [0.29, 0.717) is 17.1 Å². The first kappa shape index (κ1) is 9.61. The second kappa shape index (κ2) is 4.52. The summed E-state index contributed by atoms with van der Waals surface area (Å²) in [6.07, 6.45) is 1.61. The molecule has 15 heavy (non-hydrogen) atoms. The predicted octanol–water partition coefficient (Wildman–Crippen LogP) is 0.759. The van der Waals surface area contributed by atoms with E-state index in [2.05, 4.69) is 31.7 Å². The fourth-order valence-corrected chi connectivity index (χ4v) is 1.69. The molecule has 1 N–H and O–H groups in total. The van der Waals surface area contributed by atoms with Gasteiger partial charge in [0.05, 0.1) is 22.4 Å². The van der Waals surface area contributed by atoms with Crippen LogP contribution >= 0.6 is 11.8 Å². The summed E-state index contributed by atoms with van der Waals surface area (Å²) in [7, 11) is 0. The van der Waals surface area contributed by atoms with Gasteiger partial charge in [-0.25, -0.2) is 4.98 Å². The molecule has 0 radical (unpaired) electrons. The Balaban J connectivity index is 2.02. The fourth-order valence-electron chi connectivity index (χ4n) is 0.940. The van der Waals surface area contributed by atoms with Gasteiger partial charge >= 0.3 is 0 Å². The molecule has 74 valence electrons. The Hall–Kier alpha value is -1.94. The van der Waals surface area contributed by atoms with Crippen LogP contribution in [0.25, 0.3) is 0 Å². The first-order chi connectivity index (χ1) is 7.38. The van der Waals surface area contributed by atoms with Gasteiger partial charge in [-0.2, -0.15) is 10.5 Å². The van der Waals surface area contributed by atoms with Gasteiger partial charge in [-0.05, 0) is 12.1 Å². The molecule has 0 aliphatic rings. The zero-order valence-electron chi connectivity index (χ0n) is 7.58. The average Bonchev–Trinajstić information content (AvgIpc) is 2.79. The van der Waals surface area contributed by atoms with Crippen molar-refractivity contribution in [1.29, 1.82) is 5.26 Å². The van der Waals surface area contributed by atoms with Crippen molar-refractivity contribution in [2.45, 2.75) is 10.8 Å². The number of nitrogens with zero attached hydrogens (tertiary/aromatic N) is 5. The number of rotatable bonds is 3. The van der Waals surface area contributed by atoms with Gasteiger partial charge in [0.2, 0.25) is 0 Å². The largest absolute Gasteiger partial charge is 0.250 e. The Labute approximate surface area is 89.7 Å². The Morgan fingerprint density at radius 3 is 3.20 bits per heavy atom. The molecular formula is C8H6N6S. The molecule has 0 amide bonds. The van der Waals surface area contributed by atoms with Crippen molar-refractivity contribution < 1.29 is 0 Å². The van der Waals surface area contributed by atoms with Gasteiger partial charge in [0.25, 0.3) is 0 Å². The first-order valence-electron chi connectivity index (χ1n) is 4.10. The maximum atomic E-state index is 8.69. The second-order valence-electron chi connectivity index (χ2n) is 2.61. The first-order valence-corrected chi connectivity index (χ1v) is 5.08. The highest BCUT2D eigenvalue weighted by molar-refractivity contribution is 7.98. The van der Waals surface area contributed by atoms with Crippen molar-refractivity contribution >= 4 is 11.8 Å². The van der Waals surface area contributed by atoms with E-state index in [1.807, 2.05) is 0 Å². The minimum absolute atomic E-state index is 0.582. The molecule has 0 fully saturated rings. The van der Waals surface area contributed by atoms with E-state index in [1.165, 1.54) is 11.8 Å². The Bertz CT molecular complexity index is 474. The van der Waals surface area contributed by atoms with Crippen molar-refractivity contribution in [3.63, 3.8) is 0 Å². The lowest BCUT2D eigenvalue weighted by atomic mass is 10.3. The summed E-state index contributed by atoms with van der Waals surface area (Å²) >= 11 is 1.46. The molecule has 6 nitrogen and oxygen atoms in total. The van der Waals surface area contributed by atoms with Crippen LogP contribution in [0.15, 0.2) is 23.4 Å². The van der Waals surface area contributed by atoms with E-state index < -0.39 is 0 Å². The lowest BCUT2D eigenvalue weighted by molar-refractivity contribution is 0.881. The number of nitrogens with one attached hydrogen (secondary N) is 1. The summed E-state index contributed by atoms with van der Waals surface area (Å²) < 4.78 is 0. The van der Waals surface area contributed by atoms with Gasteiger partial charge in [0, 0.05) is 6.20 Å². The van der Waals surface area contributed by atoms with Crippen LogP contribution in [-0.2, 0) is 5.75 Å². The van der Waals surface area contributed by atoms with Gasteiger partial charge in [-0.3, -0.25) is 0 Å². The van der Waals surface area contributed by atoms with Crippen LogP contribution < -0.4 is 0 Å². The predicted molar refractivity (Wildman–Crippen MR) is 52.7 cm³/mol. The van der Waals surface area contributed by atoms with Crippen LogP contribution in [0.2, 0.25) is 0 Å². The van der Waals surface area contributed by atoms with Gasteiger partial charge < -0.3 is 0 Å². The molecule has 0 aliphatic heterocycles. The standard InChI is InChI=1S/C8H6N6S/c9-4-6-1-2-10-8(3-6)15-5-7-11-13-14-12-7/h1-3H,5H2,(H,11,12,13,14). The summed E-state index contributed by atoms with van der Waals surface area (Å²) in [5.41, 5.74) is 0.598. The molecule has 7 heteroatoms. The van der Waals surface area contributed by atoms with Gasteiger partial charge in [-0.1, -0.05) is 17.0 Å². The molecular weight excluding hydrogens is 212 g/mol. The molecule has 0 saturated heterocycles. The van der Waals surface area contributed by atoms with E-state index in [1.54, 1.807) is 18.3 Å². The van der Waals surface area contributed by atoms with Crippen molar-refractivity contribution in [1.82, 2.24) is 25.6 Å². The van der Waals surface area contributed by atoms with E-state index >= 15 is 0 Å².